The van der Waals surface area contributed by atoms with Gasteiger partial charge in [-0.05, 0) is 19.1 Å². The van der Waals surface area contributed by atoms with Crippen LogP contribution in [0.4, 0.5) is 0 Å². The number of amides is 1. The van der Waals surface area contributed by atoms with Crippen molar-refractivity contribution in [3.05, 3.63) is 48.0 Å². The Morgan fingerprint density at radius 1 is 1.16 bits per heavy atom. The van der Waals surface area contributed by atoms with Gasteiger partial charge in [0.2, 0.25) is 0 Å². The first-order valence-corrected chi connectivity index (χ1v) is 8.32. The molecule has 6 heteroatoms. The number of para-hydroxylation sites is 2. The van der Waals surface area contributed by atoms with E-state index in [1.54, 1.807) is 12.3 Å². The molecule has 0 aliphatic carbocycles. The van der Waals surface area contributed by atoms with E-state index in [0.29, 0.717) is 24.7 Å². The van der Waals surface area contributed by atoms with Crippen molar-refractivity contribution in [1.29, 1.82) is 0 Å². The molecule has 1 heterocycles. The molecule has 6 nitrogen and oxygen atoms in total. The topological polar surface area (TPSA) is 73.3 Å². The first kappa shape index (κ1) is 18.7. The highest BCUT2D eigenvalue weighted by molar-refractivity contribution is 5.77. The Labute approximate surface area is 148 Å². The zero-order valence-electron chi connectivity index (χ0n) is 15.2. The van der Waals surface area contributed by atoms with Crippen LogP contribution >= 0.6 is 0 Å². The average Bonchev–Trinajstić information content (AvgIpc) is 2.59. The van der Waals surface area contributed by atoms with Gasteiger partial charge >= 0.3 is 0 Å². The van der Waals surface area contributed by atoms with Gasteiger partial charge in [0.1, 0.15) is 6.33 Å². The summed E-state index contributed by atoms with van der Waals surface area (Å²) in [6, 6.07) is 7.29. The Morgan fingerprint density at radius 3 is 2.48 bits per heavy atom. The van der Waals surface area contributed by atoms with Gasteiger partial charge in [0.15, 0.2) is 18.1 Å². The summed E-state index contributed by atoms with van der Waals surface area (Å²) in [5.41, 5.74) is 1.71. The maximum Gasteiger partial charge on any atom is 0.258 e. The second-order valence-corrected chi connectivity index (χ2v) is 6.59. The molecule has 0 aliphatic heterocycles. The van der Waals surface area contributed by atoms with Gasteiger partial charge in [0.25, 0.3) is 5.91 Å². The number of carbonyl (C=O) groups excluding carboxylic acids is 1. The van der Waals surface area contributed by atoms with Crippen LogP contribution in [0.2, 0.25) is 0 Å². The van der Waals surface area contributed by atoms with Gasteiger partial charge in [-0.1, -0.05) is 32.9 Å². The van der Waals surface area contributed by atoms with Crippen LogP contribution in [0.15, 0.2) is 36.8 Å². The van der Waals surface area contributed by atoms with Crippen LogP contribution in [0.5, 0.6) is 11.5 Å². The maximum atomic E-state index is 12.1. The summed E-state index contributed by atoms with van der Waals surface area (Å²) >= 11 is 0. The predicted octanol–water partition coefficient (Wildman–Crippen LogP) is 2.87. The highest BCUT2D eigenvalue weighted by Crippen LogP contribution is 2.26. The van der Waals surface area contributed by atoms with Crippen LogP contribution in [0.1, 0.15) is 39.0 Å². The highest BCUT2D eigenvalue weighted by atomic mass is 16.5. The molecule has 0 radical (unpaired) electrons. The fraction of sp³-hybridized carbons (Fsp3) is 0.421. The van der Waals surface area contributed by atoms with Gasteiger partial charge in [-0.2, -0.15) is 0 Å². The third-order valence-electron chi connectivity index (χ3n) is 3.48. The zero-order chi connectivity index (χ0) is 18.3. The van der Waals surface area contributed by atoms with E-state index < -0.39 is 0 Å². The van der Waals surface area contributed by atoms with Crippen LogP contribution in [-0.4, -0.2) is 29.1 Å². The predicted molar refractivity (Wildman–Crippen MR) is 95.7 cm³/mol. The molecule has 0 saturated heterocycles. The molecule has 0 unspecified atom stereocenters. The lowest BCUT2D eigenvalue weighted by atomic mass is 9.89. The Bertz CT molecular complexity index is 711. The number of hydrogen-bond acceptors (Lipinski definition) is 5. The number of benzene rings is 1. The van der Waals surface area contributed by atoms with Crippen molar-refractivity contribution in [2.24, 2.45) is 0 Å². The lowest BCUT2D eigenvalue weighted by Gasteiger charge is -2.21. The summed E-state index contributed by atoms with van der Waals surface area (Å²) in [6.45, 7) is 8.96. The van der Waals surface area contributed by atoms with Crippen molar-refractivity contribution in [3.63, 3.8) is 0 Å². The summed E-state index contributed by atoms with van der Waals surface area (Å²) in [5.74, 6) is 0.970. The Balaban J connectivity index is 1.92. The first-order chi connectivity index (χ1) is 11.9. The summed E-state index contributed by atoms with van der Waals surface area (Å²) in [4.78, 5) is 20.5. The van der Waals surface area contributed by atoms with E-state index in [2.05, 4.69) is 36.1 Å². The van der Waals surface area contributed by atoms with Crippen molar-refractivity contribution in [2.75, 3.05) is 13.2 Å². The number of hydrogen-bond donors (Lipinski definition) is 1. The second kappa shape index (κ2) is 8.46. The normalized spacial score (nSPS) is 11.0. The van der Waals surface area contributed by atoms with Gasteiger partial charge in [-0.15, -0.1) is 0 Å². The quantitative estimate of drug-likeness (QED) is 0.837. The molecule has 0 aliphatic rings. The molecule has 0 saturated carbocycles. The molecule has 25 heavy (non-hydrogen) atoms. The van der Waals surface area contributed by atoms with Gasteiger partial charge in [0.05, 0.1) is 12.3 Å². The van der Waals surface area contributed by atoms with E-state index >= 15 is 0 Å². The molecule has 134 valence electrons. The molecule has 0 atom stereocenters. The van der Waals surface area contributed by atoms with E-state index in [9.17, 15) is 4.79 Å². The van der Waals surface area contributed by atoms with Crippen LogP contribution in [0.25, 0.3) is 0 Å². The monoisotopic (exact) mass is 343 g/mol. The molecule has 1 amide bonds. The molecule has 1 aromatic carbocycles. The van der Waals surface area contributed by atoms with Crippen LogP contribution < -0.4 is 14.8 Å². The van der Waals surface area contributed by atoms with Crippen molar-refractivity contribution in [3.8, 4) is 11.5 Å². The van der Waals surface area contributed by atoms with Gasteiger partial charge in [-0.25, -0.2) is 9.97 Å². The minimum Gasteiger partial charge on any atom is -0.490 e. The van der Waals surface area contributed by atoms with Crippen molar-refractivity contribution in [2.45, 2.75) is 39.7 Å². The van der Waals surface area contributed by atoms with Crippen molar-refractivity contribution >= 4 is 5.91 Å². The summed E-state index contributed by atoms with van der Waals surface area (Å²) < 4.78 is 11.0. The molecule has 2 aromatic rings. The third kappa shape index (κ3) is 5.45. The minimum atomic E-state index is -0.213. The summed E-state index contributed by atoms with van der Waals surface area (Å²) in [7, 11) is 0. The van der Waals surface area contributed by atoms with E-state index in [1.165, 1.54) is 6.33 Å². The Hall–Kier alpha value is -2.63. The molecule has 1 N–H and O–H groups in total. The van der Waals surface area contributed by atoms with Gasteiger partial charge in [-0.3, -0.25) is 4.79 Å². The summed E-state index contributed by atoms with van der Waals surface area (Å²) in [6.07, 6.45) is 3.26. The van der Waals surface area contributed by atoms with Crippen molar-refractivity contribution < 1.29 is 14.3 Å². The van der Waals surface area contributed by atoms with E-state index in [1.807, 2.05) is 25.1 Å². The molecule has 1 aromatic heterocycles. The lowest BCUT2D eigenvalue weighted by Crippen LogP contribution is -2.30. The standard InChI is InChI=1S/C19H25N3O3/c1-5-24-15-8-6-7-9-16(15)25-12-17(23)21-11-14-10-20-13-22-18(14)19(2,3)4/h6-10,13H,5,11-12H2,1-4H3,(H,21,23). The number of ether oxygens (including phenoxy) is 2. The summed E-state index contributed by atoms with van der Waals surface area (Å²) in [5, 5.41) is 2.85. The Morgan fingerprint density at radius 2 is 1.84 bits per heavy atom. The van der Waals surface area contributed by atoms with Gasteiger partial charge in [0, 0.05) is 23.7 Å². The number of aromatic nitrogens is 2. The molecular weight excluding hydrogens is 318 g/mol. The van der Waals surface area contributed by atoms with Crippen LogP contribution in [0.3, 0.4) is 0 Å². The largest absolute Gasteiger partial charge is 0.490 e. The van der Waals surface area contributed by atoms with Crippen LogP contribution in [-0.2, 0) is 16.8 Å². The number of rotatable bonds is 7. The number of nitrogens with one attached hydrogen (secondary N) is 1. The SMILES string of the molecule is CCOc1ccccc1OCC(=O)NCc1cncnc1C(C)(C)C. The number of nitrogens with zero attached hydrogens (tertiary/aromatic N) is 2. The molecule has 2 rings (SSSR count). The molecule has 0 bridgehead atoms. The van der Waals surface area contributed by atoms with E-state index in [0.717, 1.165) is 11.3 Å². The molecule has 0 fully saturated rings. The minimum absolute atomic E-state index is 0.0807. The fourth-order valence-corrected chi connectivity index (χ4v) is 2.40. The zero-order valence-corrected chi connectivity index (χ0v) is 15.2. The van der Waals surface area contributed by atoms with E-state index in [4.69, 9.17) is 9.47 Å². The highest BCUT2D eigenvalue weighted by Gasteiger charge is 2.20. The maximum absolute atomic E-state index is 12.1. The average molecular weight is 343 g/mol. The van der Waals surface area contributed by atoms with Crippen LogP contribution in [0, 0.1) is 0 Å². The van der Waals surface area contributed by atoms with Crippen molar-refractivity contribution in [1.82, 2.24) is 15.3 Å². The smallest absolute Gasteiger partial charge is 0.258 e. The molecular formula is C19H25N3O3. The third-order valence-corrected chi connectivity index (χ3v) is 3.48. The molecule has 0 spiro atoms. The Kier molecular flexibility index (Phi) is 6.33. The lowest BCUT2D eigenvalue weighted by molar-refractivity contribution is -0.123. The van der Waals surface area contributed by atoms with E-state index in [-0.39, 0.29) is 17.9 Å². The number of carbonyl (C=O) groups is 1. The first-order valence-electron chi connectivity index (χ1n) is 8.32. The van der Waals surface area contributed by atoms with Gasteiger partial charge < -0.3 is 14.8 Å². The fourth-order valence-electron chi connectivity index (χ4n) is 2.40. The second-order valence-electron chi connectivity index (χ2n) is 6.59.